The zero-order valence-electron chi connectivity index (χ0n) is 8.02. The summed E-state index contributed by atoms with van der Waals surface area (Å²) in [6.45, 7) is 1.90. The smallest absolute Gasteiger partial charge is 0.242 e. The van der Waals surface area contributed by atoms with Crippen LogP contribution in [0.15, 0.2) is 24.3 Å². The van der Waals surface area contributed by atoms with Crippen LogP contribution in [-0.4, -0.2) is 12.4 Å². The monoisotopic (exact) mass is 209 g/mol. The van der Waals surface area contributed by atoms with Crippen molar-refractivity contribution >= 4 is 17.4 Å². The molecule has 0 amide bonds. The summed E-state index contributed by atoms with van der Waals surface area (Å²) in [5.74, 6) is 1.24. The molecule has 0 unspecified atom stereocenters. The van der Waals surface area contributed by atoms with Crippen LogP contribution < -0.4 is 10.3 Å². The van der Waals surface area contributed by atoms with Crippen LogP contribution in [-0.2, 0) is 6.54 Å². The van der Waals surface area contributed by atoms with Gasteiger partial charge in [0.15, 0.2) is 0 Å². The predicted octanol–water partition coefficient (Wildman–Crippen LogP) is 0.702. The van der Waals surface area contributed by atoms with Crippen molar-refractivity contribution in [3.05, 3.63) is 34.9 Å². The fourth-order valence-corrected chi connectivity index (χ4v) is 1.79. The van der Waals surface area contributed by atoms with Crippen molar-refractivity contribution in [1.82, 2.24) is 5.32 Å². The molecule has 2 rings (SSSR count). The Morgan fingerprint density at radius 2 is 2.21 bits per heavy atom. The topological polar surface area (TPSA) is 26.0 Å². The molecule has 0 saturated carbocycles. The second-order valence-corrected chi connectivity index (χ2v) is 3.86. The molecule has 0 fully saturated rings. The third kappa shape index (κ3) is 2.26. The van der Waals surface area contributed by atoms with Crippen LogP contribution in [0, 0.1) is 0 Å². The third-order valence-corrected chi connectivity index (χ3v) is 2.76. The summed E-state index contributed by atoms with van der Waals surface area (Å²) >= 11 is 6.04. The molecule has 1 aliphatic rings. The summed E-state index contributed by atoms with van der Waals surface area (Å²) in [4.78, 5) is 3.31. The molecule has 0 aromatic heterocycles. The highest BCUT2D eigenvalue weighted by atomic mass is 35.5. The summed E-state index contributed by atoms with van der Waals surface area (Å²) in [6.07, 6.45) is 2.36. The second-order valence-electron chi connectivity index (χ2n) is 3.45. The summed E-state index contributed by atoms with van der Waals surface area (Å²) in [5.41, 5.74) is 1.15. The van der Waals surface area contributed by atoms with E-state index in [4.69, 9.17) is 11.6 Å². The molecule has 0 atom stereocenters. The fourth-order valence-electron chi connectivity index (χ4n) is 1.59. The van der Waals surface area contributed by atoms with Crippen LogP contribution >= 0.6 is 11.6 Å². The van der Waals surface area contributed by atoms with Crippen LogP contribution in [0.2, 0.25) is 5.02 Å². The first-order valence-electron chi connectivity index (χ1n) is 4.93. The maximum absolute atomic E-state index is 6.04. The first-order chi connectivity index (χ1) is 6.86. The van der Waals surface area contributed by atoms with Crippen molar-refractivity contribution in [2.45, 2.75) is 19.4 Å². The minimum Gasteiger partial charge on any atom is -0.279 e. The third-order valence-electron chi connectivity index (χ3n) is 2.39. The van der Waals surface area contributed by atoms with Gasteiger partial charge < -0.3 is 0 Å². The van der Waals surface area contributed by atoms with Crippen molar-refractivity contribution < 1.29 is 4.99 Å². The number of nitrogens with one attached hydrogen (secondary N) is 2. The highest BCUT2D eigenvalue weighted by molar-refractivity contribution is 6.31. The van der Waals surface area contributed by atoms with E-state index in [1.807, 2.05) is 24.3 Å². The van der Waals surface area contributed by atoms with Crippen LogP contribution in [0.4, 0.5) is 0 Å². The Labute approximate surface area is 89.0 Å². The maximum atomic E-state index is 6.04. The van der Waals surface area contributed by atoms with Gasteiger partial charge in [-0.15, -0.1) is 0 Å². The van der Waals surface area contributed by atoms with Crippen LogP contribution in [0.5, 0.6) is 0 Å². The van der Waals surface area contributed by atoms with Gasteiger partial charge in [-0.1, -0.05) is 29.8 Å². The van der Waals surface area contributed by atoms with E-state index in [1.54, 1.807) is 0 Å². The SMILES string of the molecule is Clc1ccccc1CNC1=[NH+]CCC1. The van der Waals surface area contributed by atoms with Gasteiger partial charge in [0, 0.05) is 10.6 Å². The molecule has 2 N–H and O–H groups in total. The lowest BCUT2D eigenvalue weighted by Crippen LogP contribution is -2.72. The van der Waals surface area contributed by atoms with E-state index in [2.05, 4.69) is 10.3 Å². The quantitative estimate of drug-likeness (QED) is 0.737. The van der Waals surface area contributed by atoms with Gasteiger partial charge in [-0.25, -0.2) is 0 Å². The van der Waals surface area contributed by atoms with E-state index >= 15 is 0 Å². The average molecular weight is 210 g/mol. The van der Waals surface area contributed by atoms with E-state index < -0.39 is 0 Å². The molecule has 3 heteroatoms. The van der Waals surface area contributed by atoms with E-state index in [9.17, 15) is 0 Å². The Balaban J connectivity index is 1.94. The molecular weight excluding hydrogens is 196 g/mol. The average Bonchev–Trinajstić information content (AvgIpc) is 2.69. The van der Waals surface area contributed by atoms with Gasteiger partial charge in [0.2, 0.25) is 5.84 Å². The zero-order chi connectivity index (χ0) is 9.80. The molecule has 1 heterocycles. The van der Waals surface area contributed by atoms with Crippen molar-refractivity contribution in [3.8, 4) is 0 Å². The number of amidine groups is 1. The van der Waals surface area contributed by atoms with Gasteiger partial charge in [0.1, 0.15) is 6.54 Å². The molecular formula is C11H14ClN2+. The fraction of sp³-hybridized carbons (Fsp3) is 0.364. The number of rotatable bonds is 2. The number of benzene rings is 1. The lowest BCUT2D eigenvalue weighted by molar-refractivity contribution is -0.449. The molecule has 14 heavy (non-hydrogen) atoms. The maximum Gasteiger partial charge on any atom is 0.242 e. The van der Waals surface area contributed by atoms with Crippen molar-refractivity contribution in [2.24, 2.45) is 0 Å². The molecule has 0 saturated heterocycles. The Hall–Kier alpha value is -1.02. The molecule has 1 aliphatic heterocycles. The molecule has 74 valence electrons. The van der Waals surface area contributed by atoms with Crippen LogP contribution in [0.3, 0.4) is 0 Å². The molecule has 0 bridgehead atoms. The van der Waals surface area contributed by atoms with Gasteiger partial charge >= 0.3 is 0 Å². The predicted molar refractivity (Wildman–Crippen MR) is 58.4 cm³/mol. The van der Waals surface area contributed by atoms with E-state index in [1.165, 1.54) is 12.3 Å². The molecule has 0 aliphatic carbocycles. The normalized spacial score (nSPS) is 15.4. The van der Waals surface area contributed by atoms with Crippen LogP contribution in [0.25, 0.3) is 0 Å². The first kappa shape index (κ1) is 9.53. The van der Waals surface area contributed by atoms with Gasteiger partial charge in [-0.2, -0.15) is 0 Å². The lowest BCUT2D eigenvalue weighted by Gasteiger charge is -2.01. The summed E-state index contributed by atoms with van der Waals surface area (Å²) in [7, 11) is 0. The van der Waals surface area contributed by atoms with Gasteiger partial charge in [-0.05, 0) is 12.5 Å². The Bertz CT molecular complexity index is 347. The zero-order valence-corrected chi connectivity index (χ0v) is 8.77. The summed E-state index contributed by atoms with van der Waals surface area (Å²) in [6, 6.07) is 7.93. The lowest BCUT2D eigenvalue weighted by atomic mass is 10.2. The van der Waals surface area contributed by atoms with Crippen molar-refractivity contribution in [2.75, 3.05) is 6.54 Å². The highest BCUT2D eigenvalue weighted by Gasteiger charge is 2.12. The highest BCUT2D eigenvalue weighted by Crippen LogP contribution is 2.14. The summed E-state index contributed by atoms with van der Waals surface area (Å²) < 4.78 is 0. The largest absolute Gasteiger partial charge is 0.279 e. The standard InChI is InChI=1S/C11H13ClN2/c12-10-5-2-1-4-9(10)8-14-11-6-3-7-13-11/h1-2,4-5H,3,6-8H2,(H,13,14)/p+1. The van der Waals surface area contributed by atoms with Crippen molar-refractivity contribution in [1.29, 1.82) is 0 Å². The van der Waals surface area contributed by atoms with E-state index in [0.29, 0.717) is 0 Å². The molecule has 1 aromatic carbocycles. The number of hydrogen-bond acceptors (Lipinski definition) is 1. The molecule has 1 aromatic rings. The summed E-state index contributed by atoms with van der Waals surface area (Å²) in [5, 5.41) is 4.19. The first-order valence-corrected chi connectivity index (χ1v) is 5.31. The second kappa shape index (κ2) is 4.47. The minimum absolute atomic E-state index is 0.808. The Morgan fingerprint density at radius 1 is 1.36 bits per heavy atom. The van der Waals surface area contributed by atoms with Gasteiger partial charge in [0.05, 0.1) is 13.0 Å². The van der Waals surface area contributed by atoms with E-state index in [-0.39, 0.29) is 0 Å². The Kier molecular flexibility index (Phi) is 3.04. The minimum atomic E-state index is 0.808. The number of hydrogen-bond donors (Lipinski definition) is 2. The van der Waals surface area contributed by atoms with Gasteiger partial charge in [-0.3, -0.25) is 10.3 Å². The number of halogens is 1. The molecule has 2 nitrogen and oxygen atoms in total. The van der Waals surface area contributed by atoms with Crippen molar-refractivity contribution in [3.63, 3.8) is 0 Å². The molecule has 0 radical (unpaired) electrons. The van der Waals surface area contributed by atoms with Crippen LogP contribution in [0.1, 0.15) is 18.4 Å². The van der Waals surface area contributed by atoms with E-state index in [0.717, 1.165) is 30.1 Å². The van der Waals surface area contributed by atoms with Gasteiger partial charge in [0.25, 0.3) is 0 Å². The Morgan fingerprint density at radius 3 is 2.93 bits per heavy atom. The molecule has 0 spiro atoms.